The van der Waals surface area contributed by atoms with Gasteiger partial charge in [-0.15, -0.1) is 0 Å². The molecule has 8 nitrogen and oxygen atoms in total. The van der Waals surface area contributed by atoms with E-state index in [4.69, 9.17) is 20.4 Å². The molecule has 0 fully saturated rings. The minimum absolute atomic E-state index is 0. The van der Waals surface area contributed by atoms with E-state index in [9.17, 15) is 19.8 Å². The van der Waals surface area contributed by atoms with Crippen molar-refractivity contribution in [1.29, 1.82) is 0 Å². The minimum Gasteiger partial charge on any atom is -0.550 e. The molecule has 0 aromatic heterocycles. The van der Waals surface area contributed by atoms with Gasteiger partial charge in [0.15, 0.2) is 0 Å². The summed E-state index contributed by atoms with van der Waals surface area (Å²) in [5.74, 6) is -2.71. The van der Waals surface area contributed by atoms with E-state index in [1.165, 1.54) is 0 Å². The molecule has 9 heteroatoms. The number of aliphatic hydroxyl groups excluding tert-OH is 4. The summed E-state index contributed by atoms with van der Waals surface area (Å²) in [7, 11) is 0. The first-order valence-corrected chi connectivity index (χ1v) is 4.31. The van der Waals surface area contributed by atoms with Crippen molar-refractivity contribution in [2.75, 3.05) is 13.2 Å². The number of rotatable bonds is 6. The molecule has 0 bridgehead atoms. The van der Waals surface area contributed by atoms with Gasteiger partial charge in [-0.05, 0) is 0 Å². The molecule has 0 spiro atoms. The Balaban J connectivity index is -0.000000218. The second-order valence-corrected chi connectivity index (χ2v) is 2.83. The molecule has 0 aromatic carbocycles. The van der Waals surface area contributed by atoms with Gasteiger partial charge in [-0.3, -0.25) is 0 Å². The summed E-state index contributed by atoms with van der Waals surface area (Å²) in [5.41, 5.74) is 0. The summed E-state index contributed by atoms with van der Waals surface area (Å²) in [6.45, 7) is -1.07. The number of carbonyl (C=O) groups excluding carboxylic acids is 2. The van der Waals surface area contributed by atoms with Crippen molar-refractivity contribution in [3.05, 3.63) is 0 Å². The fourth-order valence-corrected chi connectivity index (χ4v) is 0.514. The molecule has 0 unspecified atom stereocenters. The Hall–Kier alpha value is 0.0397. The molecule has 4 N–H and O–H groups in total. The summed E-state index contributed by atoms with van der Waals surface area (Å²) < 4.78 is 0. The van der Waals surface area contributed by atoms with E-state index < -0.39 is 50.2 Å². The largest absolute Gasteiger partial charge is 2.00 e. The molecule has 96 valence electrons. The van der Waals surface area contributed by atoms with Crippen LogP contribution in [0.25, 0.3) is 0 Å². The summed E-state index contributed by atoms with van der Waals surface area (Å²) in [5, 5.41) is 52.0. The first-order valence-electron chi connectivity index (χ1n) is 4.31. The SMILES string of the molecule is O=C([O-])C[C@@H](O)CO.O=C([O-])C[C@@H](O)CO.[Ca+2]. The summed E-state index contributed by atoms with van der Waals surface area (Å²) in [6.07, 6.45) is -3.37. The number of carboxylic acids is 2. The van der Waals surface area contributed by atoms with Crippen LogP contribution in [-0.2, 0) is 9.59 Å². The van der Waals surface area contributed by atoms with E-state index >= 15 is 0 Å². The zero-order valence-electron chi connectivity index (χ0n) is 9.11. The van der Waals surface area contributed by atoms with Crippen LogP contribution in [0, 0.1) is 0 Å². The molecule has 0 aliphatic carbocycles. The van der Waals surface area contributed by atoms with E-state index in [0.717, 1.165) is 0 Å². The average molecular weight is 278 g/mol. The predicted molar refractivity (Wildman–Crippen MR) is 51.2 cm³/mol. The number of hydrogen-bond acceptors (Lipinski definition) is 8. The van der Waals surface area contributed by atoms with Gasteiger partial charge < -0.3 is 40.2 Å². The van der Waals surface area contributed by atoms with Crippen LogP contribution in [0.1, 0.15) is 12.8 Å². The number of carbonyl (C=O) groups is 2. The maximum atomic E-state index is 9.59. The smallest absolute Gasteiger partial charge is 0.550 e. The maximum Gasteiger partial charge on any atom is 2.00 e. The van der Waals surface area contributed by atoms with Crippen LogP contribution < -0.4 is 10.2 Å². The van der Waals surface area contributed by atoms with Crippen molar-refractivity contribution < 1.29 is 40.2 Å². The third-order valence-corrected chi connectivity index (χ3v) is 1.23. The van der Waals surface area contributed by atoms with Crippen molar-refractivity contribution in [1.82, 2.24) is 0 Å². The number of hydrogen-bond donors (Lipinski definition) is 4. The molecular formula is C8H14CaO8. The maximum absolute atomic E-state index is 9.59. The monoisotopic (exact) mass is 278 g/mol. The third kappa shape index (κ3) is 21.8. The fourth-order valence-electron chi connectivity index (χ4n) is 0.514. The first-order chi connectivity index (χ1) is 7.33. The first kappa shape index (κ1) is 22.2. The van der Waals surface area contributed by atoms with Crippen molar-refractivity contribution in [2.24, 2.45) is 0 Å². The molecule has 0 aliphatic heterocycles. The van der Waals surface area contributed by atoms with Gasteiger partial charge in [0.05, 0.1) is 25.4 Å². The third-order valence-electron chi connectivity index (χ3n) is 1.23. The standard InChI is InChI=1S/2C4H8O4.Ca/c2*5-2-3(6)1-4(7)8;/h2*3,5-6H,1-2H2,(H,7,8);/q;;+2/p-2/t2*3-;/m11./s1. The molecule has 0 heterocycles. The molecule has 0 saturated heterocycles. The van der Waals surface area contributed by atoms with Crippen molar-refractivity contribution in [3.8, 4) is 0 Å². The Morgan fingerprint density at radius 1 is 0.882 bits per heavy atom. The molecule has 0 rings (SSSR count). The number of aliphatic carboxylic acids is 2. The van der Waals surface area contributed by atoms with Crippen LogP contribution in [0.15, 0.2) is 0 Å². The zero-order valence-corrected chi connectivity index (χ0v) is 11.3. The Morgan fingerprint density at radius 3 is 1.18 bits per heavy atom. The normalized spacial score (nSPS) is 12.5. The Kier molecular flexibility index (Phi) is 18.4. The summed E-state index contributed by atoms with van der Waals surface area (Å²) in [6, 6.07) is 0. The molecule has 0 aliphatic rings. The van der Waals surface area contributed by atoms with E-state index in [1.54, 1.807) is 0 Å². The van der Waals surface area contributed by atoms with Crippen molar-refractivity contribution in [3.63, 3.8) is 0 Å². The van der Waals surface area contributed by atoms with Crippen LogP contribution in [0.5, 0.6) is 0 Å². The topological polar surface area (TPSA) is 161 Å². The van der Waals surface area contributed by atoms with Crippen LogP contribution >= 0.6 is 0 Å². The van der Waals surface area contributed by atoms with E-state index in [1.807, 2.05) is 0 Å². The van der Waals surface area contributed by atoms with Crippen LogP contribution in [0.2, 0.25) is 0 Å². The molecule has 0 amide bonds. The van der Waals surface area contributed by atoms with Gasteiger partial charge in [0.1, 0.15) is 0 Å². The number of carboxylic acid groups (broad SMARTS) is 2. The minimum atomic E-state index is -1.36. The van der Waals surface area contributed by atoms with Crippen LogP contribution in [-0.4, -0.2) is 95.5 Å². The molecule has 17 heavy (non-hydrogen) atoms. The number of aliphatic hydroxyl groups is 4. The second-order valence-electron chi connectivity index (χ2n) is 2.83. The Labute approximate surface area is 128 Å². The fraction of sp³-hybridized carbons (Fsp3) is 0.750. The van der Waals surface area contributed by atoms with Crippen molar-refractivity contribution in [2.45, 2.75) is 25.0 Å². The second kappa shape index (κ2) is 14.1. The zero-order chi connectivity index (χ0) is 13.1. The quantitative estimate of drug-likeness (QED) is 0.350. The van der Waals surface area contributed by atoms with E-state index in [2.05, 4.69) is 0 Å². The van der Waals surface area contributed by atoms with E-state index in [0.29, 0.717) is 0 Å². The molecule has 2 atom stereocenters. The van der Waals surface area contributed by atoms with Crippen molar-refractivity contribution >= 4 is 49.7 Å². The van der Waals surface area contributed by atoms with E-state index in [-0.39, 0.29) is 37.7 Å². The van der Waals surface area contributed by atoms with Gasteiger partial charge in [-0.1, -0.05) is 0 Å². The van der Waals surface area contributed by atoms with Crippen LogP contribution in [0.3, 0.4) is 0 Å². The molecule has 0 aromatic rings. The molecule has 0 radical (unpaired) electrons. The summed E-state index contributed by atoms with van der Waals surface area (Å²) >= 11 is 0. The summed E-state index contributed by atoms with van der Waals surface area (Å²) in [4.78, 5) is 19.2. The van der Waals surface area contributed by atoms with Crippen LogP contribution in [0.4, 0.5) is 0 Å². The van der Waals surface area contributed by atoms with Gasteiger partial charge in [-0.2, -0.15) is 0 Å². The van der Waals surface area contributed by atoms with Gasteiger partial charge in [0.25, 0.3) is 0 Å². The Morgan fingerprint density at radius 2 is 1.12 bits per heavy atom. The van der Waals surface area contributed by atoms with Gasteiger partial charge in [0.2, 0.25) is 0 Å². The predicted octanol–water partition coefficient (Wildman–Crippen LogP) is -5.42. The Bertz CT molecular complexity index is 188. The molecular weight excluding hydrogens is 264 g/mol. The van der Waals surface area contributed by atoms with Gasteiger partial charge >= 0.3 is 37.7 Å². The van der Waals surface area contributed by atoms with Gasteiger partial charge in [-0.25, -0.2) is 0 Å². The molecule has 0 saturated carbocycles. The average Bonchev–Trinajstić information content (AvgIpc) is 2.16. The van der Waals surface area contributed by atoms with Gasteiger partial charge in [0, 0.05) is 24.8 Å².